The zero-order chi connectivity index (χ0) is 42.4. The predicted octanol–water partition coefficient (Wildman–Crippen LogP) is 15.5. The summed E-state index contributed by atoms with van der Waals surface area (Å²) in [5.41, 5.74) is 16.9. The van der Waals surface area contributed by atoms with Gasteiger partial charge in [0.25, 0.3) is 0 Å². The number of benzene rings is 9. The molecule has 0 aliphatic heterocycles. The van der Waals surface area contributed by atoms with Crippen LogP contribution < -0.4 is 0 Å². The molecule has 1 aromatic heterocycles. The summed E-state index contributed by atoms with van der Waals surface area (Å²) in [6.07, 6.45) is 2.06. The van der Waals surface area contributed by atoms with E-state index in [1.54, 1.807) is 0 Å². The lowest BCUT2D eigenvalue weighted by Gasteiger charge is -2.14. The average molecular weight is 806 g/mol. The minimum atomic E-state index is 0.494. The number of nitrogens with zero attached hydrogens (tertiary/aromatic N) is 3. The van der Waals surface area contributed by atoms with Crippen LogP contribution in [0.3, 0.4) is 0 Å². The summed E-state index contributed by atoms with van der Waals surface area (Å²) in [5.74, 6) is 0. The molecule has 10 aromatic rings. The highest BCUT2D eigenvalue weighted by Crippen LogP contribution is 2.37. The van der Waals surface area contributed by atoms with E-state index in [0.717, 1.165) is 78.3 Å². The van der Waals surface area contributed by atoms with E-state index in [0.29, 0.717) is 6.54 Å². The number of aromatic nitrogens is 1. The third kappa shape index (κ3) is 8.41. The maximum Gasteiger partial charge on any atom is 0.0722 e. The maximum absolute atomic E-state index is 5.27. The first-order chi connectivity index (χ1) is 31.2. The van der Waals surface area contributed by atoms with Gasteiger partial charge in [0, 0.05) is 22.1 Å². The fraction of sp³-hybridized carbons (Fsp3) is 0.0167. The Labute approximate surface area is 368 Å². The van der Waals surface area contributed by atoms with Gasteiger partial charge in [-0.25, -0.2) is 4.98 Å². The van der Waals surface area contributed by atoms with E-state index in [1.807, 2.05) is 12.1 Å². The Kier molecular flexibility index (Phi) is 11.0. The molecule has 0 saturated heterocycles. The number of allylic oxidation sites excluding steroid dienone is 1. The molecule has 3 nitrogen and oxygen atoms in total. The number of rotatable bonds is 11. The van der Waals surface area contributed by atoms with E-state index in [1.165, 1.54) is 27.3 Å². The Morgan fingerprint density at radius 1 is 0.444 bits per heavy atom. The van der Waals surface area contributed by atoms with E-state index < -0.39 is 0 Å². The SMILES string of the molecule is C=N/C(=C\C(=N/Cc1ccc(-c2cccc(-c3cc(-c4ccccc4)c4c(ccc5ccccc54)n3)c2)cc1)c1cccc(-c2ccccc2)c1)c1cccc(-c2ccccc2)c1. The lowest BCUT2D eigenvalue weighted by molar-refractivity contribution is 1.07. The first kappa shape index (κ1) is 38.9. The molecule has 0 N–H and O–H groups in total. The first-order valence-corrected chi connectivity index (χ1v) is 21.3. The number of hydrogen-bond donors (Lipinski definition) is 0. The third-order valence-corrected chi connectivity index (χ3v) is 11.6. The average Bonchev–Trinajstić information content (AvgIpc) is 3.37. The van der Waals surface area contributed by atoms with Crippen molar-refractivity contribution in [2.24, 2.45) is 9.98 Å². The molecule has 0 unspecified atom stereocenters. The number of pyridine rings is 1. The van der Waals surface area contributed by atoms with Crippen LogP contribution in [0.15, 0.2) is 247 Å². The minimum absolute atomic E-state index is 0.494. The molecule has 1 heterocycles. The second-order valence-corrected chi connectivity index (χ2v) is 15.7. The molecule has 0 aliphatic rings. The predicted molar refractivity (Wildman–Crippen MR) is 267 cm³/mol. The number of aliphatic imine (C=N–C) groups is 2. The highest BCUT2D eigenvalue weighted by Gasteiger charge is 2.14. The van der Waals surface area contributed by atoms with Gasteiger partial charge >= 0.3 is 0 Å². The summed E-state index contributed by atoms with van der Waals surface area (Å²) in [5, 5.41) is 3.59. The third-order valence-electron chi connectivity index (χ3n) is 11.6. The quantitative estimate of drug-likeness (QED) is 0.0948. The normalized spacial score (nSPS) is 11.8. The van der Waals surface area contributed by atoms with Crippen LogP contribution in [0.2, 0.25) is 0 Å². The summed E-state index contributed by atoms with van der Waals surface area (Å²) in [4.78, 5) is 15.1. The van der Waals surface area contributed by atoms with Crippen molar-refractivity contribution in [2.45, 2.75) is 6.54 Å². The molecule has 298 valence electrons. The van der Waals surface area contributed by atoms with Crippen LogP contribution in [0, 0.1) is 0 Å². The van der Waals surface area contributed by atoms with Gasteiger partial charge in [0.1, 0.15) is 0 Å². The zero-order valence-electron chi connectivity index (χ0n) is 34.8. The highest BCUT2D eigenvalue weighted by atomic mass is 14.8. The standard InChI is InChI=1S/C60H43N3/c1-61-57(51-26-13-23-48(36-51)43-16-5-2-6-17-43)40-58(52-27-14-24-49(37-52)44-18-7-3-8-19-44)62-41-42-30-32-45(33-31-42)50-25-15-28-53(38-50)59-39-55(46-20-9-4-10-21-46)60-54-29-12-11-22-47(54)34-35-56(60)63-59/h2-40H,1,41H2/b57-40-,62-58+. The van der Waals surface area contributed by atoms with E-state index in [9.17, 15) is 0 Å². The zero-order valence-corrected chi connectivity index (χ0v) is 34.8. The monoisotopic (exact) mass is 805 g/mol. The minimum Gasteiger partial charge on any atom is -0.280 e. The maximum atomic E-state index is 5.27. The van der Waals surface area contributed by atoms with Crippen molar-refractivity contribution in [1.29, 1.82) is 0 Å². The molecule has 0 saturated carbocycles. The van der Waals surface area contributed by atoms with E-state index in [-0.39, 0.29) is 0 Å². The molecular weight excluding hydrogens is 763 g/mol. The summed E-state index contributed by atoms with van der Waals surface area (Å²) < 4.78 is 0. The number of fused-ring (bicyclic) bond motifs is 3. The van der Waals surface area contributed by atoms with Gasteiger partial charge in [0.2, 0.25) is 0 Å². The molecule has 0 aliphatic carbocycles. The van der Waals surface area contributed by atoms with Gasteiger partial charge in [-0.2, -0.15) is 0 Å². The summed E-state index contributed by atoms with van der Waals surface area (Å²) in [6, 6.07) is 81.1. The first-order valence-electron chi connectivity index (χ1n) is 21.3. The van der Waals surface area contributed by atoms with Crippen molar-refractivity contribution in [2.75, 3.05) is 0 Å². The number of hydrogen-bond acceptors (Lipinski definition) is 3. The van der Waals surface area contributed by atoms with E-state index >= 15 is 0 Å². The second-order valence-electron chi connectivity index (χ2n) is 15.7. The van der Waals surface area contributed by atoms with Crippen molar-refractivity contribution in [1.82, 2.24) is 4.98 Å². The highest BCUT2D eigenvalue weighted by molar-refractivity contribution is 6.14. The fourth-order valence-electron chi connectivity index (χ4n) is 8.39. The molecule has 63 heavy (non-hydrogen) atoms. The topological polar surface area (TPSA) is 37.6 Å². The lowest BCUT2D eigenvalue weighted by atomic mass is 9.94. The summed E-state index contributed by atoms with van der Waals surface area (Å²) in [6.45, 7) is 4.49. The Morgan fingerprint density at radius 2 is 0.984 bits per heavy atom. The van der Waals surface area contributed by atoms with Crippen molar-refractivity contribution in [3.05, 3.63) is 253 Å². The van der Waals surface area contributed by atoms with Crippen LogP contribution in [0.5, 0.6) is 0 Å². The molecule has 0 fully saturated rings. The van der Waals surface area contributed by atoms with E-state index in [4.69, 9.17) is 9.98 Å². The molecule has 0 atom stereocenters. The van der Waals surface area contributed by atoms with Crippen LogP contribution in [0.25, 0.3) is 83.1 Å². The van der Waals surface area contributed by atoms with Crippen LogP contribution in [0.4, 0.5) is 0 Å². The van der Waals surface area contributed by atoms with Crippen molar-refractivity contribution in [3.8, 4) is 55.8 Å². The Hall–Kier alpha value is -8.27. The van der Waals surface area contributed by atoms with Crippen LogP contribution >= 0.6 is 0 Å². The Balaban J connectivity index is 0.978. The molecule has 0 bridgehead atoms. The van der Waals surface area contributed by atoms with Gasteiger partial charge < -0.3 is 0 Å². The van der Waals surface area contributed by atoms with Crippen LogP contribution in [-0.4, -0.2) is 17.4 Å². The van der Waals surface area contributed by atoms with E-state index in [2.05, 4.69) is 236 Å². The van der Waals surface area contributed by atoms with Crippen molar-refractivity contribution in [3.63, 3.8) is 0 Å². The fourth-order valence-corrected chi connectivity index (χ4v) is 8.39. The van der Waals surface area contributed by atoms with Crippen LogP contribution in [0.1, 0.15) is 16.7 Å². The smallest absolute Gasteiger partial charge is 0.0722 e. The summed E-state index contributed by atoms with van der Waals surface area (Å²) >= 11 is 0. The van der Waals surface area contributed by atoms with Gasteiger partial charge in [0.05, 0.1) is 29.2 Å². The molecule has 3 heteroatoms. The Bertz CT molecular complexity index is 3290. The molecule has 9 aromatic carbocycles. The largest absolute Gasteiger partial charge is 0.280 e. The van der Waals surface area contributed by atoms with Gasteiger partial charge in [-0.05, 0) is 104 Å². The van der Waals surface area contributed by atoms with Gasteiger partial charge in [-0.15, -0.1) is 0 Å². The molecule has 10 rings (SSSR count). The molecule has 0 radical (unpaired) electrons. The van der Waals surface area contributed by atoms with Crippen LogP contribution in [-0.2, 0) is 6.54 Å². The lowest BCUT2D eigenvalue weighted by Crippen LogP contribution is -2.01. The van der Waals surface area contributed by atoms with Gasteiger partial charge in [-0.1, -0.05) is 200 Å². The van der Waals surface area contributed by atoms with Gasteiger partial charge in [0.15, 0.2) is 0 Å². The molecular formula is C60H43N3. The second kappa shape index (κ2) is 17.8. The van der Waals surface area contributed by atoms with Crippen molar-refractivity contribution >= 4 is 39.8 Å². The van der Waals surface area contributed by atoms with Gasteiger partial charge in [-0.3, -0.25) is 9.98 Å². The summed E-state index contributed by atoms with van der Waals surface area (Å²) in [7, 11) is 0. The Morgan fingerprint density at radius 3 is 1.67 bits per heavy atom. The van der Waals surface area contributed by atoms with Crippen molar-refractivity contribution < 1.29 is 0 Å². The molecule has 0 amide bonds. The molecule has 0 spiro atoms.